The summed E-state index contributed by atoms with van der Waals surface area (Å²) in [6, 6.07) is 1.95. The number of carbonyl (C=O) groups excluding carboxylic acids is 2. The fourth-order valence-corrected chi connectivity index (χ4v) is 1.29. The van der Waals surface area contributed by atoms with E-state index in [2.05, 4.69) is 4.74 Å². The Bertz CT molecular complexity index is 333. The molecule has 0 aromatic rings. The summed E-state index contributed by atoms with van der Waals surface area (Å²) < 4.78 is 9.43. The third-order valence-corrected chi connectivity index (χ3v) is 2.48. The second kappa shape index (κ2) is 7.67. The van der Waals surface area contributed by atoms with E-state index in [9.17, 15) is 9.59 Å². The van der Waals surface area contributed by atoms with Gasteiger partial charge in [0.15, 0.2) is 0 Å². The fraction of sp³-hybridized carbons (Fsp3) is 0.750. The van der Waals surface area contributed by atoms with E-state index >= 15 is 0 Å². The van der Waals surface area contributed by atoms with Crippen LogP contribution in [-0.2, 0) is 19.1 Å². The van der Waals surface area contributed by atoms with Gasteiger partial charge in [-0.3, -0.25) is 9.59 Å². The summed E-state index contributed by atoms with van der Waals surface area (Å²) in [5, 5.41) is 8.94. The maximum atomic E-state index is 12.1. The largest absolute Gasteiger partial charge is 0.469 e. The molecule has 0 spiro atoms. The van der Waals surface area contributed by atoms with Gasteiger partial charge in [-0.2, -0.15) is 5.26 Å². The lowest BCUT2D eigenvalue weighted by molar-refractivity contribution is -0.143. The molecule has 6 nitrogen and oxygen atoms in total. The number of ether oxygens (including phenoxy) is 2. The van der Waals surface area contributed by atoms with E-state index in [4.69, 9.17) is 10.00 Å². The minimum Gasteiger partial charge on any atom is -0.469 e. The quantitative estimate of drug-likeness (QED) is 0.622. The number of methoxy groups -OCH3 is 2. The highest BCUT2D eigenvalue weighted by Crippen LogP contribution is 2.17. The van der Waals surface area contributed by atoms with Crippen LogP contribution in [0, 0.1) is 16.7 Å². The Morgan fingerprint density at radius 3 is 2.33 bits per heavy atom. The summed E-state index contributed by atoms with van der Waals surface area (Å²) >= 11 is 0. The number of carbonyl (C=O) groups is 2. The summed E-state index contributed by atoms with van der Waals surface area (Å²) in [5.41, 5.74) is -1.11. The van der Waals surface area contributed by atoms with Crippen molar-refractivity contribution in [1.82, 2.24) is 4.90 Å². The molecule has 0 saturated carbocycles. The zero-order valence-electron chi connectivity index (χ0n) is 11.4. The number of nitrogens with zero attached hydrogens (tertiary/aromatic N) is 2. The number of hydrogen-bond donors (Lipinski definition) is 0. The van der Waals surface area contributed by atoms with Crippen LogP contribution < -0.4 is 0 Å². The lowest BCUT2D eigenvalue weighted by atomic mass is 9.93. The van der Waals surface area contributed by atoms with E-state index in [-0.39, 0.29) is 24.8 Å². The molecular formula is C12H20N2O4. The Labute approximate surface area is 107 Å². The van der Waals surface area contributed by atoms with E-state index in [1.165, 1.54) is 19.1 Å². The molecule has 0 aliphatic heterocycles. The van der Waals surface area contributed by atoms with Crippen molar-refractivity contribution in [3.8, 4) is 6.07 Å². The van der Waals surface area contributed by atoms with Crippen molar-refractivity contribution in [3.05, 3.63) is 0 Å². The number of hydrogen-bond acceptors (Lipinski definition) is 5. The van der Waals surface area contributed by atoms with Crippen LogP contribution in [0.1, 0.15) is 20.3 Å². The van der Waals surface area contributed by atoms with Gasteiger partial charge in [-0.25, -0.2) is 0 Å². The van der Waals surface area contributed by atoms with Gasteiger partial charge >= 0.3 is 5.97 Å². The molecule has 0 aromatic carbocycles. The molecule has 1 amide bonds. The first-order chi connectivity index (χ1) is 8.38. The Hall–Kier alpha value is -1.61. The van der Waals surface area contributed by atoms with Gasteiger partial charge < -0.3 is 14.4 Å². The second-order valence-electron chi connectivity index (χ2n) is 4.35. The third-order valence-electron chi connectivity index (χ3n) is 2.48. The van der Waals surface area contributed by atoms with Crippen LogP contribution in [0.5, 0.6) is 0 Å². The van der Waals surface area contributed by atoms with Crippen LogP contribution in [0.4, 0.5) is 0 Å². The molecule has 0 fully saturated rings. The van der Waals surface area contributed by atoms with E-state index in [0.717, 1.165) is 0 Å². The van der Waals surface area contributed by atoms with Crippen molar-refractivity contribution in [2.75, 3.05) is 33.9 Å². The highest BCUT2D eigenvalue weighted by Gasteiger charge is 2.32. The molecule has 18 heavy (non-hydrogen) atoms. The summed E-state index contributed by atoms with van der Waals surface area (Å²) in [4.78, 5) is 24.6. The second-order valence-corrected chi connectivity index (χ2v) is 4.35. The third kappa shape index (κ3) is 5.15. The highest BCUT2D eigenvalue weighted by atomic mass is 16.5. The molecule has 0 heterocycles. The molecule has 0 rings (SSSR count). The monoisotopic (exact) mass is 256 g/mol. The number of nitriles is 1. The predicted molar refractivity (Wildman–Crippen MR) is 64.5 cm³/mol. The summed E-state index contributed by atoms with van der Waals surface area (Å²) in [5.74, 6) is -0.703. The zero-order valence-corrected chi connectivity index (χ0v) is 11.4. The summed E-state index contributed by atoms with van der Waals surface area (Å²) in [6.07, 6.45) is 0.105. The maximum absolute atomic E-state index is 12.1. The van der Waals surface area contributed by atoms with Crippen molar-refractivity contribution in [1.29, 1.82) is 5.26 Å². The number of amides is 1. The Morgan fingerprint density at radius 1 is 1.28 bits per heavy atom. The van der Waals surface area contributed by atoms with E-state index in [0.29, 0.717) is 13.2 Å². The maximum Gasteiger partial charge on any atom is 0.307 e. The highest BCUT2D eigenvalue weighted by molar-refractivity contribution is 5.85. The number of esters is 1. The van der Waals surface area contributed by atoms with Crippen molar-refractivity contribution in [2.24, 2.45) is 5.41 Å². The van der Waals surface area contributed by atoms with Crippen LogP contribution >= 0.6 is 0 Å². The lowest BCUT2D eigenvalue weighted by Crippen LogP contribution is -2.43. The van der Waals surface area contributed by atoms with Gasteiger partial charge in [-0.05, 0) is 13.8 Å². The van der Waals surface area contributed by atoms with Gasteiger partial charge in [0.2, 0.25) is 5.91 Å². The number of rotatable bonds is 7. The Morgan fingerprint density at radius 2 is 1.89 bits per heavy atom. The molecule has 0 saturated heterocycles. The van der Waals surface area contributed by atoms with Crippen molar-refractivity contribution >= 4 is 11.9 Å². The topological polar surface area (TPSA) is 79.6 Å². The summed E-state index contributed by atoms with van der Waals surface area (Å²) in [7, 11) is 2.82. The first kappa shape index (κ1) is 16.4. The molecule has 0 bridgehead atoms. The van der Waals surface area contributed by atoms with Crippen LogP contribution in [0.25, 0.3) is 0 Å². The van der Waals surface area contributed by atoms with E-state index < -0.39 is 5.41 Å². The zero-order chi connectivity index (χ0) is 14.2. The van der Waals surface area contributed by atoms with Crippen molar-refractivity contribution in [2.45, 2.75) is 20.3 Å². The molecular weight excluding hydrogens is 236 g/mol. The van der Waals surface area contributed by atoms with Gasteiger partial charge in [0.25, 0.3) is 0 Å². The van der Waals surface area contributed by atoms with Crippen molar-refractivity contribution in [3.63, 3.8) is 0 Å². The Kier molecular flexibility index (Phi) is 6.98. The van der Waals surface area contributed by atoms with Crippen LogP contribution in [0.3, 0.4) is 0 Å². The van der Waals surface area contributed by atoms with E-state index in [1.54, 1.807) is 13.8 Å². The average Bonchev–Trinajstić information content (AvgIpc) is 2.37. The van der Waals surface area contributed by atoms with Gasteiger partial charge in [0, 0.05) is 20.2 Å². The first-order valence-corrected chi connectivity index (χ1v) is 5.65. The van der Waals surface area contributed by atoms with Gasteiger partial charge in [-0.15, -0.1) is 0 Å². The molecule has 0 N–H and O–H groups in total. The first-order valence-electron chi connectivity index (χ1n) is 5.65. The molecule has 0 aliphatic carbocycles. The van der Waals surface area contributed by atoms with E-state index in [1.807, 2.05) is 6.07 Å². The minimum absolute atomic E-state index is 0.105. The minimum atomic E-state index is -1.11. The van der Waals surface area contributed by atoms with Gasteiger partial charge in [0.1, 0.15) is 5.41 Å². The predicted octanol–water partition coefficient (Wildman–Crippen LogP) is 0.574. The SMILES string of the molecule is COCCN(CCC(=O)OC)C(=O)C(C)(C)C#N. The summed E-state index contributed by atoms with van der Waals surface area (Å²) in [6.45, 7) is 4.02. The van der Waals surface area contributed by atoms with Gasteiger partial charge in [-0.1, -0.05) is 0 Å². The lowest BCUT2D eigenvalue weighted by Gasteiger charge is -2.27. The fourth-order valence-electron chi connectivity index (χ4n) is 1.29. The smallest absolute Gasteiger partial charge is 0.307 e. The molecule has 0 radical (unpaired) electrons. The molecule has 6 heteroatoms. The molecule has 0 aromatic heterocycles. The normalized spacial score (nSPS) is 10.6. The Balaban J connectivity index is 4.63. The molecule has 0 atom stereocenters. The van der Waals surface area contributed by atoms with Crippen LogP contribution in [0.15, 0.2) is 0 Å². The molecule has 0 aliphatic rings. The van der Waals surface area contributed by atoms with Crippen LogP contribution in [-0.4, -0.2) is 50.7 Å². The van der Waals surface area contributed by atoms with Crippen LogP contribution in [0.2, 0.25) is 0 Å². The standard InChI is InChI=1S/C12H20N2O4/c1-12(2,9-13)11(16)14(7-8-17-3)6-5-10(15)18-4/h5-8H2,1-4H3. The van der Waals surface area contributed by atoms with Gasteiger partial charge in [0.05, 0.1) is 26.2 Å². The molecule has 102 valence electrons. The van der Waals surface area contributed by atoms with Crippen molar-refractivity contribution < 1.29 is 19.1 Å². The average molecular weight is 256 g/mol. The molecule has 0 unspecified atom stereocenters.